The number of piperidine rings is 1. The third-order valence-corrected chi connectivity index (χ3v) is 6.55. The van der Waals surface area contributed by atoms with Crippen LogP contribution in [-0.2, 0) is 16.8 Å². The molecule has 1 aliphatic rings. The highest BCUT2D eigenvalue weighted by atomic mass is 16.2. The molecule has 0 aromatic heterocycles. The van der Waals surface area contributed by atoms with Gasteiger partial charge in [0.1, 0.15) is 0 Å². The van der Waals surface area contributed by atoms with Crippen LogP contribution in [0.1, 0.15) is 37.3 Å². The minimum atomic E-state index is -0.307. The molecular weight excluding hydrogens is 380 g/mol. The van der Waals surface area contributed by atoms with Gasteiger partial charge in [-0.25, -0.2) is 0 Å². The van der Waals surface area contributed by atoms with Crippen molar-refractivity contribution < 1.29 is 4.79 Å². The van der Waals surface area contributed by atoms with Gasteiger partial charge in [-0.2, -0.15) is 0 Å². The van der Waals surface area contributed by atoms with E-state index in [1.165, 1.54) is 11.1 Å². The third-order valence-electron chi connectivity index (χ3n) is 6.55. The number of carbonyl (C=O) groups is 1. The molecule has 1 saturated heterocycles. The van der Waals surface area contributed by atoms with E-state index in [0.29, 0.717) is 6.42 Å². The zero-order chi connectivity index (χ0) is 21.5. The number of benzene rings is 3. The van der Waals surface area contributed by atoms with Crippen molar-refractivity contribution in [3.05, 3.63) is 102 Å². The van der Waals surface area contributed by atoms with Gasteiger partial charge in [0.25, 0.3) is 0 Å². The molecule has 0 spiro atoms. The molecule has 1 heterocycles. The monoisotopic (exact) mass is 412 g/mol. The van der Waals surface area contributed by atoms with Crippen molar-refractivity contribution in [1.29, 1.82) is 0 Å². The molecule has 0 N–H and O–H groups in total. The molecule has 31 heavy (non-hydrogen) atoms. The Labute approximate surface area is 186 Å². The van der Waals surface area contributed by atoms with Crippen LogP contribution in [0.4, 0.5) is 5.69 Å². The number of anilines is 1. The highest BCUT2D eigenvalue weighted by Gasteiger charge is 2.43. The van der Waals surface area contributed by atoms with E-state index in [4.69, 9.17) is 0 Å². The number of nitrogens with zero attached hydrogens (tertiary/aromatic N) is 2. The number of rotatable bonds is 7. The number of likely N-dealkylation sites (tertiary alicyclic amines) is 1. The molecule has 0 saturated carbocycles. The van der Waals surface area contributed by atoms with Gasteiger partial charge in [0, 0.05) is 31.7 Å². The second kappa shape index (κ2) is 9.93. The lowest BCUT2D eigenvalue weighted by atomic mass is 9.78. The van der Waals surface area contributed by atoms with E-state index in [0.717, 1.165) is 44.6 Å². The van der Waals surface area contributed by atoms with E-state index < -0.39 is 0 Å². The van der Waals surface area contributed by atoms with Crippen LogP contribution in [0.15, 0.2) is 91.0 Å². The van der Waals surface area contributed by atoms with E-state index in [1.54, 1.807) is 0 Å². The normalized spacial score (nSPS) is 16.0. The highest BCUT2D eigenvalue weighted by Crippen LogP contribution is 2.42. The summed E-state index contributed by atoms with van der Waals surface area (Å²) in [4.78, 5) is 17.9. The summed E-state index contributed by atoms with van der Waals surface area (Å²) >= 11 is 0. The highest BCUT2D eigenvalue weighted by molar-refractivity contribution is 5.95. The van der Waals surface area contributed by atoms with Crippen molar-refractivity contribution >= 4 is 11.6 Å². The maximum atomic E-state index is 13.3. The van der Waals surface area contributed by atoms with Crippen LogP contribution >= 0.6 is 0 Å². The summed E-state index contributed by atoms with van der Waals surface area (Å²) in [7, 11) is 0. The minimum absolute atomic E-state index is 0.188. The molecule has 3 heteroatoms. The smallest absolute Gasteiger partial charge is 0.227 e. The average Bonchev–Trinajstić information content (AvgIpc) is 2.85. The molecular formula is C28H32N2O. The quantitative estimate of drug-likeness (QED) is 0.500. The van der Waals surface area contributed by atoms with E-state index in [1.807, 2.05) is 25.1 Å². The Bertz CT molecular complexity index is 948. The minimum Gasteiger partial charge on any atom is -0.303 e. The molecule has 3 nitrogen and oxygen atoms in total. The zero-order valence-electron chi connectivity index (χ0n) is 18.4. The largest absolute Gasteiger partial charge is 0.303 e. The summed E-state index contributed by atoms with van der Waals surface area (Å²) in [6, 6.07) is 31.5. The van der Waals surface area contributed by atoms with Crippen LogP contribution in [0, 0.1) is 0 Å². The van der Waals surface area contributed by atoms with Crippen molar-refractivity contribution in [1.82, 2.24) is 4.90 Å². The van der Waals surface area contributed by atoms with Gasteiger partial charge in [0.05, 0.1) is 5.54 Å². The standard InChI is InChI=1S/C28H32N2O/c1-2-27(31)30(26-16-10-5-11-17-26)28(25-14-8-4-9-15-25)19-22-29(23-20-28)21-18-24-12-6-3-7-13-24/h3-17H,2,18-23H2,1H3. The Balaban J connectivity index is 1.60. The van der Waals surface area contributed by atoms with Crippen LogP contribution in [0.25, 0.3) is 0 Å². The van der Waals surface area contributed by atoms with Crippen molar-refractivity contribution in [2.45, 2.75) is 38.1 Å². The Morgan fingerprint density at radius 3 is 1.97 bits per heavy atom. The SMILES string of the molecule is CCC(=O)N(c1ccccc1)C1(c2ccccc2)CCN(CCc2ccccc2)CC1. The lowest BCUT2D eigenvalue weighted by molar-refractivity contribution is -0.120. The van der Waals surface area contributed by atoms with Gasteiger partial charge in [0.2, 0.25) is 5.91 Å². The molecule has 1 fully saturated rings. The predicted octanol–water partition coefficient (Wildman–Crippen LogP) is 5.66. The van der Waals surface area contributed by atoms with Gasteiger partial charge in [-0.1, -0.05) is 85.8 Å². The zero-order valence-corrected chi connectivity index (χ0v) is 18.4. The number of carbonyl (C=O) groups excluding carboxylic acids is 1. The Morgan fingerprint density at radius 2 is 1.39 bits per heavy atom. The van der Waals surface area contributed by atoms with Crippen LogP contribution in [-0.4, -0.2) is 30.4 Å². The third kappa shape index (κ3) is 4.72. The van der Waals surface area contributed by atoms with Crippen molar-refractivity contribution in [3.63, 3.8) is 0 Å². The van der Waals surface area contributed by atoms with E-state index in [9.17, 15) is 4.79 Å². The van der Waals surface area contributed by atoms with Crippen LogP contribution < -0.4 is 4.90 Å². The molecule has 160 valence electrons. The molecule has 0 aliphatic carbocycles. The molecule has 0 unspecified atom stereocenters. The van der Waals surface area contributed by atoms with Crippen molar-refractivity contribution in [2.75, 3.05) is 24.5 Å². The summed E-state index contributed by atoms with van der Waals surface area (Å²) in [5.74, 6) is 0.188. The van der Waals surface area contributed by atoms with Gasteiger partial charge >= 0.3 is 0 Å². The number of hydrogen-bond acceptors (Lipinski definition) is 2. The van der Waals surface area contributed by atoms with E-state index in [-0.39, 0.29) is 11.4 Å². The van der Waals surface area contributed by atoms with Crippen LogP contribution in [0.5, 0.6) is 0 Å². The predicted molar refractivity (Wildman–Crippen MR) is 128 cm³/mol. The Morgan fingerprint density at radius 1 is 0.839 bits per heavy atom. The number of amides is 1. The fourth-order valence-electron chi connectivity index (χ4n) is 4.83. The first-order chi connectivity index (χ1) is 15.2. The topological polar surface area (TPSA) is 23.6 Å². The van der Waals surface area contributed by atoms with E-state index in [2.05, 4.69) is 82.6 Å². The van der Waals surface area contributed by atoms with Gasteiger partial charge in [-0.05, 0) is 42.5 Å². The molecule has 0 bridgehead atoms. The maximum absolute atomic E-state index is 13.3. The molecule has 3 aromatic rings. The van der Waals surface area contributed by atoms with Gasteiger partial charge in [0.15, 0.2) is 0 Å². The number of hydrogen-bond donors (Lipinski definition) is 0. The summed E-state index contributed by atoms with van der Waals surface area (Å²) < 4.78 is 0. The average molecular weight is 413 g/mol. The summed E-state index contributed by atoms with van der Waals surface area (Å²) in [6.07, 6.45) is 3.44. The lowest BCUT2D eigenvalue weighted by Gasteiger charge is -2.49. The van der Waals surface area contributed by atoms with E-state index >= 15 is 0 Å². The first-order valence-corrected chi connectivity index (χ1v) is 11.4. The molecule has 1 aliphatic heterocycles. The molecule has 0 radical (unpaired) electrons. The second-order valence-corrected chi connectivity index (χ2v) is 8.39. The maximum Gasteiger partial charge on any atom is 0.227 e. The summed E-state index contributed by atoms with van der Waals surface area (Å²) in [5.41, 5.74) is 3.31. The summed E-state index contributed by atoms with van der Waals surface area (Å²) in [6.45, 7) is 5.00. The summed E-state index contributed by atoms with van der Waals surface area (Å²) in [5, 5.41) is 0. The van der Waals surface area contributed by atoms with Crippen LogP contribution in [0.3, 0.4) is 0 Å². The molecule has 4 rings (SSSR count). The lowest BCUT2D eigenvalue weighted by Crippen LogP contribution is -2.56. The first kappa shape index (κ1) is 21.3. The first-order valence-electron chi connectivity index (χ1n) is 11.4. The molecule has 1 amide bonds. The van der Waals surface area contributed by atoms with Gasteiger partial charge < -0.3 is 9.80 Å². The second-order valence-electron chi connectivity index (χ2n) is 8.39. The fraction of sp³-hybridized carbons (Fsp3) is 0.321. The Kier molecular flexibility index (Phi) is 6.83. The van der Waals surface area contributed by atoms with Crippen molar-refractivity contribution in [2.24, 2.45) is 0 Å². The van der Waals surface area contributed by atoms with Crippen molar-refractivity contribution in [3.8, 4) is 0 Å². The van der Waals surface area contributed by atoms with Gasteiger partial charge in [-0.15, -0.1) is 0 Å². The molecule has 3 aromatic carbocycles. The number of para-hydroxylation sites is 1. The fourth-order valence-corrected chi connectivity index (χ4v) is 4.83. The van der Waals surface area contributed by atoms with Crippen LogP contribution in [0.2, 0.25) is 0 Å². The molecule has 0 atom stereocenters. The van der Waals surface area contributed by atoms with Gasteiger partial charge in [-0.3, -0.25) is 4.79 Å². The Hall–Kier alpha value is -2.91.